The van der Waals surface area contributed by atoms with E-state index in [0.29, 0.717) is 0 Å². The van der Waals surface area contributed by atoms with Gasteiger partial charge in [-0.25, -0.2) is 0 Å². The molecule has 0 spiro atoms. The van der Waals surface area contributed by atoms with Crippen molar-refractivity contribution in [1.82, 2.24) is 0 Å². The largest absolute Gasteiger partial charge is 0.462 e. The van der Waals surface area contributed by atoms with E-state index in [1.54, 1.807) is 0 Å². The first-order valence-corrected chi connectivity index (χ1v) is 11.4. The lowest BCUT2D eigenvalue weighted by Crippen LogP contribution is -1.87. The Hall–Kier alpha value is -0.640. The molecule has 1 N–H and O–H groups in total. The van der Waals surface area contributed by atoms with Crippen LogP contribution in [0.4, 0.5) is 0 Å². The van der Waals surface area contributed by atoms with Crippen LogP contribution < -0.4 is 0 Å². The molecule has 0 aliphatic carbocycles. The maximum absolute atomic E-state index is 8.36. The van der Waals surface area contributed by atoms with Gasteiger partial charge in [0.2, 0.25) is 0 Å². The fourth-order valence-corrected chi connectivity index (χ4v) is 3.47. The topological polar surface area (TPSA) is 20.2 Å². The van der Waals surface area contributed by atoms with Gasteiger partial charge in [0.1, 0.15) is 6.11 Å². The van der Waals surface area contributed by atoms with Crippen molar-refractivity contribution < 1.29 is 5.11 Å². The molecule has 0 heterocycles. The standard InChI is InChI=1S/C24H46O/c1-24(2)22-20-18-16-14-12-10-8-6-4-3-5-7-9-11-13-15-17-19-21-23-25/h24-25H,3-20,22H2,1-2H3. The highest BCUT2D eigenvalue weighted by molar-refractivity contribution is 4.88. The number of unbranched alkanes of at least 4 members (excludes halogenated alkanes) is 17. The molecule has 0 aromatic heterocycles. The van der Waals surface area contributed by atoms with Gasteiger partial charge in [-0.15, -0.1) is 0 Å². The van der Waals surface area contributed by atoms with Crippen LogP contribution in [0.15, 0.2) is 0 Å². The van der Waals surface area contributed by atoms with Gasteiger partial charge in [0.15, 0.2) is 0 Å². The Morgan fingerprint density at radius 2 is 0.840 bits per heavy atom. The maximum Gasteiger partial charge on any atom is 0.107 e. The molecule has 0 unspecified atom stereocenters. The van der Waals surface area contributed by atoms with Crippen molar-refractivity contribution >= 4 is 0 Å². The molecule has 1 nitrogen and oxygen atoms in total. The van der Waals surface area contributed by atoms with Crippen LogP contribution in [0.5, 0.6) is 0 Å². The van der Waals surface area contributed by atoms with Crippen molar-refractivity contribution in [3.05, 3.63) is 0 Å². The number of hydrogen-bond acceptors (Lipinski definition) is 1. The van der Waals surface area contributed by atoms with E-state index in [2.05, 4.69) is 19.8 Å². The van der Waals surface area contributed by atoms with E-state index < -0.39 is 0 Å². The second-order valence-electron chi connectivity index (χ2n) is 8.23. The first-order valence-electron chi connectivity index (χ1n) is 11.4. The first kappa shape index (κ1) is 24.4. The van der Waals surface area contributed by atoms with Crippen molar-refractivity contribution in [3.63, 3.8) is 0 Å². The molecule has 0 amide bonds. The summed E-state index contributed by atoms with van der Waals surface area (Å²) >= 11 is 0. The van der Waals surface area contributed by atoms with Crippen molar-refractivity contribution in [2.45, 2.75) is 136 Å². The van der Waals surface area contributed by atoms with Gasteiger partial charge in [-0.3, -0.25) is 0 Å². The average Bonchev–Trinajstić information content (AvgIpc) is 2.60. The summed E-state index contributed by atoms with van der Waals surface area (Å²) in [6.07, 6.45) is 28.2. The van der Waals surface area contributed by atoms with Crippen molar-refractivity contribution in [1.29, 1.82) is 0 Å². The van der Waals surface area contributed by atoms with Gasteiger partial charge in [-0.05, 0) is 12.3 Å². The summed E-state index contributed by atoms with van der Waals surface area (Å²) in [5.41, 5.74) is 0. The summed E-state index contributed by atoms with van der Waals surface area (Å²) in [7, 11) is 0. The van der Waals surface area contributed by atoms with Crippen LogP contribution >= 0.6 is 0 Å². The smallest absolute Gasteiger partial charge is 0.107 e. The maximum atomic E-state index is 8.36. The summed E-state index contributed by atoms with van der Waals surface area (Å²) in [6.45, 7) is 4.66. The molecule has 0 aliphatic heterocycles. The fraction of sp³-hybridized carbons (Fsp3) is 0.917. The highest BCUT2D eigenvalue weighted by atomic mass is 16.2. The van der Waals surface area contributed by atoms with E-state index in [1.165, 1.54) is 109 Å². The van der Waals surface area contributed by atoms with Gasteiger partial charge in [0.05, 0.1) is 0 Å². The van der Waals surface area contributed by atoms with Crippen LogP contribution in [-0.2, 0) is 0 Å². The van der Waals surface area contributed by atoms with Crippen LogP contribution in [-0.4, -0.2) is 5.11 Å². The van der Waals surface area contributed by atoms with E-state index in [0.717, 1.165) is 18.8 Å². The molecule has 0 aromatic carbocycles. The third kappa shape index (κ3) is 23.4. The number of aliphatic hydroxyl groups is 1. The lowest BCUT2D eigenvalue weighted by Gasteiger charge is -2.05. The lowest BCUT2D eigenvalue weighted by atomic mass is 10.0. The second kappa shape index (κ2) is 21.4. The van der Waals surface area contributed by atoms with Gasteiger partial charge in [-0.2, -0.15) is 0 Å². The van der Waals surface area contributed by atoms with Gasteiger partial charge >= 0.3 is 0 Å². The summed E-state index contributed by atoms with van der Waals surface area (Å²) in [4.78, 5) is 0. The highest BCUT2D eigenvalue weighted by Crippen LogP contribution is 2.15. The molecular weight excluding hydrogens is 304 g/mol. The molecule has 0 fully saturated rings. The quantitative estimate of drug-likeness (QED) is 0.183. The first-order chi connectivity index (χ1) is 12.3. The summed E-state index contributed by atoms with van der Waals surface area (Å²) in [6, 6.07) is 0. The van der Waals surface area contributed by atoms with Crippen LogP contribution in [0.1, 0.15) is 136 Å². The van der Waals surface area contributed by atoms with Crippen LogP contribution in [0.2, 0.25) is 0 Å². The Morgan fingerprint density at radius 3 is 1.16 bits per heavy atom. The molecule has 0 bridgehead atoms. The van der Waals surface area contributed by atoms with E-state index in [-0.39, 0.29) is 0 Å². The zero-order valence-electron chi connectivity index (χ0n) is 17.5. The molecule has 0 radical (unpaired) electrons. The monoisotopic (exact) mass is 350 g/mol. The minimum atomic E-state index is 0.856. The van der Waals surface area contributed by atoms with E-state index >= 15 is 0 Å². The van der Waals surface area contributed by atoms with E-state index in [4.69, 9.17) is 5.11 Å². The zero-order chi connectivity index (χ0) is 18.4. The third-order valence-electron chi connectivity index (χ3n) is 5.16. The highest BCUT2D eigenvalue weighted by Gasteiger charge is 1.96. The SMILES string of the molecule is CC(C)CCCCCCCCCCCCCCCCCCCC#CO. The Kier molecular flexibility index (Phi) is 20.9. The average molecular weight is 351 g/mol. The fourth-order valence-electron chi connectivity index (χ4n) is 3.47. The van der Waals surface area contributed by atoms with Crippen molar-refractivity contribution in [2.75, 3.05) is 0 Å². The number of rotatable bonds is 19. The molecule has 1 heteroatoms. The van der Waals surface area contributed by atoms with Crippen LogP contribution in [0.25, 0.3) is 0 Å². The van der Waals surface area contributed by atoms with Gasteiger partial charge in [0, 0.05) is 6.42 Å². The molecule has 25 heavy (non-hydrogen) atoms. The van der Waals surface area contributed by atoms with Crippen LogP contribution in [0, 0.1) is 17.9 Å². The normalized spacial score (nSPS) is 10.8. The van der Waals surface area contributed by atoms with Crippen molar-refractivity contribution in [3.8, 4) is 12.0 Å². The molecule has 0 atom stereocenters. The van der Waals surface area contributed by atoms with Gasteiger partial charge < -0.3 is 5.11 Å². The van der Waals surface area contributed by atoms with E-state index in [1.807, 2.05) is 6.11 Å². The summed E-state index contributed by atoms with van der Waals surface area (Å²) in [5, 5.41) is 8.36. The lowest BCUT2D eigenvalue weighted by molar-refractivity contribution is 0.501. The van der Waals surface area contributed by atoms with Crippen molar-refractivity contribution in [2.24, 2.45) is 5.92 Å². The molecule has 0 aliphatic rings. The Morgan fingerprint density at radius 1 is 0.520 bits per heavy atom. The van der Waals surface area contributed by atoms with Gasteiger partial charge in [0.25, 0.3) is 0 Å². The van der Waals surface area contributed by atoms with Crippen LogP contribution in [0.3, 0.4) is 0 Å². The molecule has 0 saturated carbocycles. The third-order valence-corrected chi connectivity index (χ3v) is 5.16. The summed E-state index contributed by atoms with van der Waals surface area (Å²) in [5.74, 6) is 3.60. The minimum absolute atomic E-state index is 0.856. The predicted molar refractivity (Wildman–Crippen MR) is 112 cm³/mol. The molecular formula is C24H46O. The zero-order valence-corrected chi connectivity index (χ0v) is 17.5. The Labute approximate surface area is 159 Å². The Bertz CT molecular complexity index is 297. The molecule has 0 aromatic rings. The molecule has 0 saturated heterocycles. The Balaban J connectivity index is 2.99. The van der Waals surface area contributed by atoms with E-state index in [9.17, 15) is 0 Å². The molecule has 0 rings (SSSR count). The number of aliphatic hydroxyl groups excluding tert-OH is 1. The predicted octanol–water partition coefficient (Wildman–Crippen LogP) is 8.39. The second-order valence-corrected chi connectivity index (χ2v) is 8.23. The number of hydrogen-bond donors (Lipinski definition) is 1. The van der Waals surface area contributed by atoms with Gasteiger partial charge in [-0.1, -0.05) is 129 Å². The summed E-state index contributed by atoms with van der Waals surface area (Å²) < 4.78 is 0. The minimum Gasteiger partial charge on any atom is -0.462 e. The molecule has 148 valence electrons.